The van der Waals surface area contributed by atoms with Crippen LogP contribution in [0.1, 0.15) is 33.6 Å². The molecular weight excluding hydrogens is 274 g/mol. The molecule has 0 saturated heterocycles. The molecule has 1 aromatic heterocycles. The number of hydrogen-bond donors (Lipinski definition) is 2. The molecule has 0 aliphatic heterocycles. The van der Waals surface area contributed by atoms with E-state index < -0.39 is 6.04 Å². The highest BCUT2D eigenvalue weighted by Crippen LogP contribution is 2.14. The first kappa shape index (κ1) is 16.9. The monoisotopic (exact) mass is 297 g/mol. The van der Waals surface area contributed by atoms with E-state index in [9.17, 15) is 4.79 Å². The molecule has 0 radical (unpaired) electrons. The number of carbonyl (C=O) groups is 1. The van der Waals surface area contributed by atoms with Gasteiger partial charge in [-0.2, -0.15) is 15.0 Å². The normalized spacial score (nSPS) is 12.0. The highest BCUT2D eigenvalue weighted by Gasteiger charge is 2.22. The number of hydrogen-bond acceptors (Lipinski definition) is 8. The number of aromatic nitrogens is 3. The summed E-state index contributed by atoms with van der Waals surface area (Å²) in [6.45, 7) is 6.47. The quantitative estimate of drug-likeness (QED) is 0.689. The molecule has 0 bridgehead atoms. The maximum absolute atomic E-state index is 11.8. The van der Waals surface area contributed by atoms with E-state index in [1.807, 2.05) is 20.8 Å². The van der Waals surface area contributed by atoms with Crippen molar-refractivity contribution in [1.29, 1.82) is 0 Å². The molecule has 0 spiro atoms. The van der Waals surface area contributed by atoms with Crippen LogP contribution in [0, 0.1) is 5.92 Å². The van der Waals surface area contributed by atoms with Crippen molar-refractivity contribution in [2.45, 2.75) is 39.7 Å². The molecule has 118 valence electrons. The molecule has 1 rings (SSSR count). The van der Waals surface area contributed by atoms with Crippen molar-refractivity contribution in [2.75, 3.05) is 24.8 Å². The first-order valence-corrected chi connectivity index (χ1v) is 6.95. The number of ether oxygens (including phenoxy) is 2. The van der Waals surface area contributed by atoms with E-state index in [1.165, 1.54) is 7.11 Å². The number of anilines is 2. The second-order valence-electron chi connectivity index (χ2n) is 5.00. The standard InChI is InChI=1S/C13H23N5O3/c1-5-6-21-13-17-11(14)16-12(18-13)15-9(7-8(2)3)10(19)20-4/h8-9H,5-7H2,1-4H3,(H3,14,15,16,17,18). The summed E-state index contributed by atoms with van der Waals surface area (Å²) in [6, 6.07) is -0.407. The zero-order valence-corrected chi connectivity index (χ0v) is 12.9. The van der Waals surface area contributed by atoms with Crippen LogP contribution in [-0.4, -0.2) is 40.7 Å². The Kier molecular flexibility index (Phi) is 6.64. The van der Waals surface area contributed by atoms with E-state index in [-0.39, 0.29) is 23.9 Å². The minimum atomic E-state index is -0.546. The first-order chi connectivity index (χ1) is 9.96. The third kappa shape index (κ3) is 5.80. The number of carbonyl (C=O) groups excluding carboxylic acids is 1. The van der Waals surface area contributed by atoms with Gasteiger partial charge in [0.15, 0.2) is 0 Å². The largest absolute Gasteiger partial charge is 0.467 e. The molecule has 21 heavy (non-hydrogen) atoms. The summed E-state index contributed by atoms with van der Waals surface area (Å²) in [6.07, 6.45) is 1.41. The predicted octanol–water partition coefficient (Wildman–Crippen LogP) is 1.24. The van der Waals surface area contributed by atoms with Crippen molar-refractivity contribution in [2.24, 2.45) is 5.92 Å². The molecule has 8 heteroatoms. The topological polar surface area (TPSA) is 112 Å². The Labute approximate surface area is 124 Å². The third-order valence-electron chi connectivity index (χ3n) is 2.56. The number of rotatable bonds is 8. The average molecular weight is 297 g/mol. The van der Waals surface area contributed by atoms with Crippen LogP contribution in [0.15, 0.2) is 0 Å². The molecule has 3 N–H and O–H groups in total. The van der Waals surface area contributed by atoms with Crippen LogP contribution in [0.4, 0.5) is 11.9 Å². The summed E-state index contributed by atoms with van der Waals surface area (Å²) in [7, 11) is 1.34. The average Bonchev–Trinajstić information content (AvgIpc) is 2.42. The van der Waals surface area contributed by atoms with Gasteiger partial charge in [-0.15, -0.1) is 0 Å². The summed E-state index contributed by atoms with van der Waals surface area (Å²) in [4.78, 5) is 23.7. The Balaban J connectivity index is 2.86. The van der Waals surface area contributed by atoms with Gasteiger partial charge >= 0.3 is 12.0 Å². The van der Waals surface area contributed by atoms with Gasteiger partial charge < -0.3 is 20.5 Å². The Bertz CT molecular complexity index is 467. The number of methoxy groups -OCH3 is 1. The van der Waals surface area contributed by atoms with Gasteiger partial charge in [0.25, 0.3) is 0 Å². The van der Waals surface area contributed by atoms with Crippen molar-refractivity contribution >= 4 is 17.9 Å². The molecule has 0 saturated carbocycles. The van der Waals surface area contributed by atoms with Crippen LogP contribution < -0.4 is 15.8 Å². The molecule has 0 fully saturated rings. The van der Waals surface area contributed by atoms with Crippen molar-refractivity contribution in [3.8, 4) is 6.01 Å². The highest BCUT2D eigenvalue weighted by atomic mass is 16.5. The first-order valence-electron chi connectivity index (χ1n) is 6.95. The highest BCUT2D eigenvalue weighted by molar-refractivity contribution is 5.78. The van der Waals surface area contributed by atoms with Gasteiger partial charge in [0.05, 0.1) is 13.7 Å². The van der Waals surface area contributed by atoms with E-state index >= 15 is 0 Å². The molecule has 1 aromatic rings. The molecule has 0 aliphatic carbocycles. The molecule has 0 aromatic carbocycles. The predicted molar refractivity (Wildman–Crippen MR) is 78.9 cm³/mol. The van der Waals surface area contributed by atoms with Crippen LogP contribution in [0.25, 0.3) is 0 Å². The lowest BCUT2D eigenvalue weighted by Crippen LogP contribution is -2.33. The van der Waals surface area contributed by atoms with E-state index in [0.717, 1.165) is 6.42 Å². The summed E-state index contributed by atoms with van der Waals surface area (Å²) in [5.41, 5.74) is 5.62. The zero-order chi connectivity index (χ0) is 15.8. The van der Waals surface area contributed by atoms with Crippen LogP contribution in [0.5, 0.6) is 6.01 Å². The Morgan fingerprint density at radius 3 is 2.62 bits per heavy atom. The molecule has 1 unspecified atom stereocenters. The Morgan fingerprint density at radius 2 is 2.05 bits per heavy atom. The molecule has 0 aliphatic rings. The molecule has 1 heterocycles. The molecule has 0 amide bonds. The summed E-state index contributed by atoms with van der Waals surface area (Å²) >= 11 is 0. The van der Waals surface area contributed by atoms with Gasteiger partial charge in [0, 0.05) is 0 Å². The third-order valence-corrected chi connectivity index (χ3v) is 2.56. The van der Waals surface area contributed by atoms with Crippen molar-refractivity contribution in [1.82, 2.24) is 15.0 Å². The van der Waals surface area contributed by atoms with Crippen LogP contribution in [-0.2, 0) is 9.53 Å². The number of nitrogens with zero attached hydrogens (tertiary/aromatic N) is 3. The smallest absolute Gasteiger partial charge is 0.328 e. The lowest BCUT2D eigenvalue weighted by Gasteiger charge is -2.18. The van der Waals surface area contributed by atoms with Crippen molar-refractivity contribution in [3.63, 3.8) is 0 Å². The second-order valence-corrected chi connectivity index (χ2v) is 5.00. The number of nitrogens with two attached hydrogens (primary N) is 1. The van der Waals surface area contributed by atoms with E-state index in [4.69, 9.17) is 15.2 Å². The Hall–Kier alpha value is -2.12. The van der Waals surface area contributed by atoms with Gasteiger partial charge in [0.1, 0.15) is 6.04 Å². The lowest BCUT2D eigenvalue weighted by atomic mass is 10.0. The van der Waals surface area contributed by atoms with Crippen LogP contribution in [0.3, 0.4) is 0 Å². The fourth-order valence-electron chi connectivity index (χ4n) is 1.68. The van der Waals surface area contributed by atoms with E-state index in [2.05, 4.69) is 20.3 Å². The van der Waals surface area contributed by atoms with E-state index in [0.29, 0.717) is 18.9 Å². The zero-order valence-electron chi connectivity index (χ0n) is 12.9. The minimum Gasteiger partial charge on any atom is -0.467 e. The number of nitrogens with one attached hydrogen (secondary N) is 1. The van der Waals surface area contributed by atoms with Crippen molar-refractivity contribution < 1.29 is 14.3 Å². The maximum Gasteiger partial charge on any atom is 0.328 e. The fourth-order valence-corrected chi connectivity index (χ4v) is 1.68. The molecule has 1 atom stereocenters. The SMILES string of the molecule is CCCOc1nc(N)nc(NC(CC(C)C)C(=O)OC)n1. The summed E-state index contributed by atoms with van der Waals surface area (Å²) < 4.78 is 10.1. The summed E-state index contributed by atoms with van der Waals surface area (Å²) in [5.74, 6) is 0.159. The van der Waals surface area contributed by atoms with Gasteiger partial charge in [-0.1, -0.05) is 20.8 Å². The van der Waals surface area contributed by atoms with Gasteiger partial charge in [0.2, 0.25) is 11.9 Å². The van der Waals surface area contributed by atoms with Crippen LogP contribution >= 0.6 is 0 Å². The van der Waals surface area contributed by atoms with E-state index in [1.54, 1.807) is 0 Å². The molecular formula is C13H23N5O3. The maximum atomic E-state index is 11.8. The lowest BCUT2D eigenvalue weighted by molar-refractivity contribution is -0.141. The second kappa shape index (κ2) is 8.23. The Morgan fingerprint density at radius 1 is 1.33 bits per heavy atom. The van der Waals surface area contributed by atoms with Crippen molar-refractivity contribution in [3.05, 3.63) is 0 Å². The minimum absolute atomic E-state index is 0.0340. The van der Waals surface area contributed by atoms with Crippen LogP contribution in [0.2, 0.25) is 0 Å². The van der Waals surface area contributed by atoms with Gasteiger partial charge in [-0.05, 0) is 18.8 Å². The summed E-state index contributed by atoms with van der Waals surface area (Å²) in [5, 5.41) is 2.92. The molecule has 8 nitrogen and oxygen atoms in total. The number of esters is 1. The van der Waals surface area contributed by atoms with Gasteiger partial charge in [-0.3, -0.25) is 0 Å². The van der Waals surface area contributed by atoms with Gasteiger partial charge in [-0.25, -0.2) is 4.79 Å². The fraction of sp³-hybridized carbons (Fsp3) is 0.692. The number of nitrogen functional groups attached to an aromatic ring is 1.